The van der Waals surface area contributed by atoms with Gasteiger partial charge in [0.05, 0.1) is 10.5 Å². The van der Waals surface area contributed by atoms with E-state index in [9.17, 15) is 17.9 Å². The zero-order valence-corrected chi connectivity index (χ0v) is 13.3. The van der Waals surface area contributed by atoms with Gasteiger partial charge in [-0.1, -0.05) is 19.3 Å². The van der Waals surface area contributed by atoms with E-state index in [1.807, 2.05) is 0 Å². The van der Waals surface area contributed by atoms with Crippen LogP contribution in [0.15, 0.2) is 17.0 Å². The van der Waals surface area contributed by atoms with Crippen molar-refractivity contribution in [3.63, 3.8) is 0 Å². The number of hydrogen-bond donors (Lipinski definition) is 2. The molecule has 1 aromatic carbocycles. The Morgan fingerprint density at radius 3 is 2.24 bits per heavy atom. The van der Waals surface area contributed by atoms with Crippen LogP contribution in [-0.2, 0) is 10.0 Å². The average Bonchev–Trinajstić information content (AvgIpc) is 2.36. The second-order valence-corrected chi connectivity index (χ2v) is 7.68. The molecule has 21 heavy (non-hydrogen) atoms. The maximum atomic E-state index is 13.3. The highest BCUT2D eigenvalue weighted by atomic mass is 32.2. The van der Waals surface area contributed by atoms with Gasteiger partial charge in [0.15, 0.2) is 0 Å². The van der Waals surface area contributed by atoms with Crippen molar-refractivity contribution in [3.05, 3.63) is 29.1 Å². The summed E-state index contributed by atoms with van der Waals surface area (Å²) in [7, 11) is -3.75. The lowest BCUT2D eigenvalue weighted by atomic mass is 9.85. The standard InChI is InChI=1S/C15H22FNO3S/c1-11-8-13(16)9-12(2)14(11)21(19,20)17-10-15(18)6-4-3-5-7-15/h8-9,17-18H,3-7,10H2,1-2H3. The fourth-order valence-corrected chi connectivity index (χ4v) is 4.58. The lowest BCUT2D eigenvalue weighted by molar-refractivity contribution is 0.00945. The molecule has 1 saturated carbocycles. The van der Waals surface area contributed by atoms with Crippen LogP contribution in [0.25, 0.3) is 0 Å². The smallest absolute Gasteiger partial charge is 0.241 e. The molecule has 0 aliphatic heterocycles. The van der Waals surface area contributed by atoms with Gasteiger partial charge in [0, 0.05) is 6.54 Å². The molecule has 1 fully saturated rings. The van der Waals surface area contributed by atoms with E-state index < -0.39 is 21.4 Å². The minimum absolute atomic E-state index is 0.00555. The van der Waals surface area contributed by atoms with E-state index in [-0.39, 0.29) is 11.4 Å². The largest absolute Gasteiger partial charge is 0.389 e. The highest BCUT2D eigenvalue weighted by Gasteiger charge is 2.31. The minimum atomic E-state index is -3.75. The van der Waals surface area contributed by atoms with Crippen LogP contribution >= 0.6 is 0 Å². The summed E-state index contributed by atoms with van der Waals surface area (Å²) in [6.07, 6.45) is 4.11. The van der Waals surface area contributed by atoms with Gasteiger partial charge in [0.2, 0.25) is 10.0 Å². The van der Waals surface area contributed by atoms with Crippen LogP contribution < -0.4 is 4.72 Å². The summed E-state index contributed by atoms with van der Waals surface area (Å²) in [6.45, 7) is 3.14. The molecule has 6 heteroatoms. The fourth-order valence-electron chi connectivity index (χ4n) is 3.01. The fraction of sp³-hybridized carbons (Fsp3) is 0.600. The third-order valence-corrected chi connectivity index (χ3v) is 5.78. The number of halogens is 1. The van der Waals surface area contributed by atoms with E-state index in [0.717, 1.165) is 19.3 Å². The normalized spacial score (nSPS) is 18.7. The third kappa shape index (κ3) is 3.81. The van der Waals surface area contributed by atoms with E-state index in [1.54, 1.807) is 13.8 Å². The van der Waals surface area contributed by atoms with Crippen molar-refractivity contribution >= 4 is 10.0 Å². The van der Waals surface area contributed by atoms with Gasteiger partial charge in [-0.3, -0.25) is 0 Å². The summed E-state index contributed by atoms with van der Waals surface area (Å²) < 4.78 is 40.6. The lowest BCUT2D eigenvalue weighted by Gasteiger charge is -2.32. The molecular weight excluding hydrogens is 293 g/mol. The second-order valence-electron chi connectivity index (χ2n) is 5.98. The van der Waals surface area contributed by atoms with Gasteiger partial charge < -0.3 is 5.11 Å². The van der Waals surface area contributed by atoms with Gasteiger partial charge in [-0.15, -0.1) is 0 Å². The van der Waals surface area contributed by atoms with Gasteiger partial charge in [0.25, 0.3) is 0 Å². The maximum absolute atomic E-state index is 13.3. The Morgan fingerprint density at radius 1 is 1.19 bits per heavy atom. The van der Waals surface area contributed by atoms with Crippen LogP contribution in [0.2, 0.25) is 0 Å². The maximum Gasteiger partial charge on any atom is 0.241 e. The van der Waals surface area contributed by atoms with Crippen LogP contribution in [0.5, 0.6) is 0 Å². The molecule has 4 nitrogen and oxygen atoms in total. The molecule has 0 spiro atoms. The van der Waals surface area contributed by atoms with Crippen molar-refractivity contribution in [3.8, 4) is 0 Å². The summed E-state index contributed by atoms with van der Waals surface area (Å²) in [6, 6.07) is 2.41. The number of hydrogen-bond acceptors (Lipinski definition) is 3. The quantitative estimate of drug-likeness (QED) is 0.897. The molecular formula is C15H22FNO3S. The average molecular weight is 315 g/mol. The first-order valence-electron chi connectivity index (χ1n) is 7.22. The van der Waals surface area contributed by atoms with Crippen molar-refractivity contribution in [1.29, 1.82) is 0 Å². The van der Waals surface area contributed by atoms with Crippen molar-refractivity contribution in [1.82, 2.24) is 4.72 Å². The molecule has 0 radical (unpaired) electrons. The minimum Gasteiger partial charge on any atom is -0.389 e. The van der Waals surface area contributed by atoms with Gasteiger partial charge in [-0.2, -0.15) is 0 Å². The zero-order valence-electron chi connectivity index (χ0n) is 12.4. The van der Waals surface area contributed by atoms with E-state index in [0.29, 0.717) is 24.0 Å². The van der Waals surface area contributed by atoms with Crippen LogP contribution in [0.4, 0.5) is 4.39 Å². The first kappa shape index (κ1) is 16.4. The molecule has 0 amide bonds. The number of benzene rings is 1. The molecule has 0 heterocycles. The molecule has 0 saturated heterocycles. The van der Waals surface area contributed by atoms with E-state index in [1.165, 1.54) is 12.1 Å². The summed E-state index contributed by atoms with van der Waals surface area (Å²) in [4.78, 5) is 0.100. The molecule has 1 aliphatic rings. The summed E-state index contributed by atoms with van der Waals surface area (Å²) in [5, 5.41) is 10.4. The van der Waals surface area contributed by atoms with Crippen molar-refractivity contribution in [2.75, 3.05) is 6.54 Å². The van der Waals surface area contributed by atoms with Gasteiger partial charge in [0.1, 0.15) is 5.82 Å². The number of sulfonamides is 1. The summed E-state index contributed by atoms with van der Waals surface area (Å²) in [5.74, 6) is -0.449. The van der Waals surface area contributed by atoms with E-state index in [4.69, 9.17) is 0 Å². The molecule has 1 aliphatic carbocycles. The third-order valence-electron chi connectivity index (χ3n) is 4.07. The van der Waals surface area contributed by atoms with Crippen LogP contribution in [0.1, 0.15) is 43.2 Å². The summed E-state index contributed by atoms with van der Waals surface area (Å²) in [5.41, 5.74) is -0.223. The van der Waals surface area contributed by atoms with E-state index >= 15 is 0 Å². The summed E-state index contributed by atoms with van der Waals surface area (Å²) >= 11 is 0. The number of aryl methyl sites for hydroxylation is 2. The monoisotopic (exact) mass is 315 g/mol. The van der Waals surface area contributed by atoms with Gasteiger partial charge in [-0.25, -0.2) is 17.5 Å². The molecule has 118 valence electrons. The Morgan fingerprint density at radius 2 is 1.71 bits per heavy atom. The molecule has 0 bridgehead atoms. The molecule has 0 aromatic heterocycles. The Balaban J connectivity index is 2.19. The number of nitrogens with one attached hydrogen (secondary N) is 1. The Kier molecular flexibility index (Phi) is 4.70. The van der Waals surface area contributed by atoms with Crippen molar-refractivity contribution in [2.24, 2.45) is 0 Å². The highest BCUT2D eigenvalue weighted by molar-refractivity contribution is 7.89. The predicted molar refractivity (Wildman–Crippen MR) is 79.1 cm³/mol. The number of aliphatic hydroxyl groups is 1. The van der Waals surface area contributed by atoms with Crippen LogP contribution in [0, 0.1) is 19.7 Å². The first-order valence-corrected chi connectivity index (χ1v) is 8.71. The topological polar surface area (TPSA) is 66.4 Å². The second kappa shape index (κ2) is 6.02. The molecule has 2 N–H and O–H groups in total. The molecule has 0 atom stereocenters. The van der Waals surface area contributed by atoms with Gasteiger partial charge >= 0.3 is 0 Å². The first-order chi connectivity index (χ1) is 9.73. The van der Waals surface area contributed by atoms with Crippen LogP contribution in [-0.4, -0.2) is 25.7 Å². The van der Waals surface area contributed by atoms with Gasteiger partial charge in [-0.05, 0) is 49.9 Å². The Labute approximate surface area is 125 Å². The lowest BCUT2D eigenvalue weighted by Crippen LogP contribution is -2.44. The van der Waals surface area contributed by atoms with Crippen molar-refractivity contribution < 1.29 is 17.9 Å². The molecule has 1 aromatic rings. The van der Waals surface area contributed by atoms with Crippen molar-refractivity contribution in [2.45, 2.75) is 56.4 Å². The van der Waals surface area contributed by atoms with Crippen LogP contribution in [0.3, 0.4) is 0 Å². The zero-order chi connectivity index (χ0) is 15.7. The van der Waals surface area contributed by atoms with E-state index in [2.05, 4.69) is 4.72 Å². The highest BCUT2D eigenvalue weighted by Crippen LogP contribution is 2.28. The SMILES string of the molecule is Cc1cc(F)cc(C)c1S(=O)(=O)NCC1(O)CCCCC1. The molecule has 0 unspecified atom stereocenters. The Hall–Kier alpha value is -0.980. The predicted octanol–water partition coefficient (Wildman–Crippen LogP) is 2.42. The molecule has 2 rings (SSSR count). The number of rotatable bonds is 4. The Bertz CT molecular complexity index is 599.